The molecule has 0 unspecified atom stereocenters. The first-order valence-corrected chi connectivity index (χ1v) is 17.3. The molecule has 3 aromatic carbocycles. The average molecular weight is 728 g/mol. The molecule has 1 saturated carbocycles. The molecule has 7 rings (SSSR count). The van der Waals surface area contributed by atoms with Crippen LogP contribution in [-0.2, 0) is 29.4 Å². The number of carboxylic acids is 1. The van der Waals surface area contributed by atoms with Gasteiger partial charge in [-0.05, 0) is 84.8 Å². The number of carboxylic acid groups (broad SMARTS) is 1. The summed E-state index contributed by atoms with van der Waals surface area (Å²) >= 11 is 6.32. The van der Waals surface area contributed by atoms with Crippen molar-refractivity contribution >= 4 is 53.0 Å². The highest BCUT2D eigenvalue weighted by Crippen LogP contribution is 2.61. The number of hydrogen-bond donors (Lipinski definition) is 3. The summed E-state index contributed by atoms with van der Waals surface area (Å²) in [5.74, 6) is -7.18. The maximum atomic E-state index is 15.1. The van der Waals surface area contributed by atoms with Crippen LogP contribution in [0.15, 0.2) is 84.5 Å². The molecule has 2 aliphatic heterocycles. The number of amides is 4. The maximum absolute atomic E-state index is 15.1. The first-order valence-electron chi connectivity index (χ1n) is 16.9. The van der Waals surface area contributed by atoms with Gasteiger partial charge in [0.2, 0.25) is 11.8 Å². The van der Waals surface area contributed by atoms with Crippen molar-refractivity contribution in [2.45, 2.75) is 31.1 Å². The van der Waals surface area contributed by atoms with E-state index in [0.29, 0.717) is 21.8 Å². The summed E-state index contributed by atoms with van der Waals surface area (Å²) in [7, 11) is 1.42. The number of aliphatic carboxylic acids is 1. The SMILES string of the molecule is COc1cc(C=C[C@H]2C3=CC[C@@H]4C(=O)N(CCCC(=O)O)C(=O)[C@@H]4[C@@H]3C[C@H]3C(=O)N(Nc4ccc(F)cc4)C(=O)[C@@]23c2ccc(Cl)cc2)ccc1O. The number of phenolic OH excluding ortho intramolecular Hbond substituents is 1. The van der Waals surface area contributed by atoms with E-state index in [4.69, 9.17) is 21.4 Å². The van der Waals surface area contributed by atoms with Gasteiger partial charge in [-0.25, -0.2) is 4.39 Å². The highest BCUT2D eigenvalue weighted by Gasteiger charge is 2.69. The Morgan fingerprint density at radius 2 is 1.75 bits per heavy atom. The second kappa shape index (κ2) is 13.6. The zero-order chi connectivity index (χ0) is 36.9. The molecule has 3 aromatic rings. The summed E-state index contributed by atoms with van der Waals surface area (Å²) in [6.45, 7) is -0.0318. The Kier molecular flexibility index (Phi) is 9.12. The minimum atomic E-state index is -1.53. The third-order valence-corrected chi connectivity index (χ3v) is 11.1. The lowest BCUT2D eigenvalue weighted by Crippen LogP contribution is -2.54. The number of nitrogens with one attached hydrogen (secondary N) is 1. The lowest BCUT2D eigenvalue weighted by Gasteiger charge is -2.49. The number of anilines is 1. The molecular weight excluding hydrogens is 693 g/mol. The second-order valence-electron chi connectivity index (χ2n) is 13.5. The molecule has 2 aliphatic carbocycles. The number of hydrazine groups is 1. The number of imide groups is 2. The van der Waals surface area contributed by atoms with Gasteiger partial charge in [0.25, 0.3) is 11.8 Å². The Bertz CT molecular complexity index is 2030. The van der Waals surface area contributed by atoms with Gasteiger partial charge in [0.1, 0.15) is 5.82 Å². The van der Waals surface area contributed by atoms with E-state index in [9.17, 15) is 28.7 Å². The van der Waals surface area contributed by atoms with Crippen molar-refractivity contribution in [2.24, 2.45) is 29.6 Å². The van der Waals surface area contributed by atoms with Gasteiger partial charge in [-0.3, -0.25) is 34.3 Å². The van der Waals surface area contributed by atoms with Crippen LogP contribution >= 0.6 is 11.6 Å². The van der Waals surface area contributed by atoms with Crippen molar-refractivity contribution in [2.75, 3.05) is 19.1 Å². The van der Waals surface area contributed by atoms with Crippen LogP contribution in [0.3, 0.4) is 0 Å². The van der Waals surface area contributed by atoms with Crippen LogP contribution in [0.1, 0.15) is 36.8 Å². The Hall–Kier alpha value is -5.49. The number of nitrogens with zero attached hydrogens (tertiary/aromatic N) is 2. The number of carbonyl (C=O) groups excluding carboxylic acids is 4. The summed E-state index contributed by atoms with van der Waals surface area (Å²) in [6, 6.07) is 16.7. The number of carbonyl (C=O) groups is 5. The molecule has 3 fully saturated rings. The lowest BCUT2D eigenvalue weighted by molar-refractivity contribution is -0.142. The van der Waals surface area contributed by atoms with Crippen molar-refractivity contribution < 1.29 is 43.3 Å². The summed E-state index contributed by atoms with van der Waals surface area (Å²) in [4.78, 5) is 69.8. The standard InChI is InChI=1S/C39H35ClFN3O8/c1-52-32-19-21(5-17-31(32)45)4-16-29-26-14-15-27-34(37(50)43(35(27)48)18-2-3-33(46)47)28(26)20-30-36(49)44(42-25-12-10-24(41)11-13-25)38(51)39(29,30)22-6-8-23(40)9-7-22/h4-14,16-17,19,27-30,34,42,45H,2-3,15,18,20H2,1H3,(H,46,47)/t27-,28+,29-,30-,34-,39-/m0/s1. The van der Waals surface area contributed by atoms with Crippen LogP contribution in [0.25, 0.3) is 6.08 Å². The zero-order valence-electron chi connectivity index (χ0n) is 28.0. The van der Waals surface area contributed by atoms with Crippen molar-refractivity contribution in [3.63, 3.8) is 0 Å². The van der Waals surface area contributed by atoms with E-state index in [2.05, 4.69) is 5.43 Å². The van der Waals surface area contributed by atoms with E-state index >= 15 is 4.79 Å². The monoisotopic (exact) mass is 727 g/mol. The van der Waals surface area contributed by atoms with Crippen molar-refractivity contribution in [3.05, 3.63) is 106 Å². The zero-order valence-corrected chi connectivity index (χ0v) is 28.8. The van der Waals surface area contributed by atoms with Gasteiger partial charge >= 0.3 is 5.97 Å². The normalized spacial score (nSPS) is 26.7. The van der Waals surface area contributed by atoms with E-state index in [1.165, 1.54) is 37.4 Å². The number of likely N-dealkylation sites (tertiary alicyclic amines) is 1. The molecule has 6 atom stereocenters. The highest BCUT2D eigenvalue weighted by atomic mass is 35.5. The van der Waals surface area contributed by atoms with Crippen LogP contribution in [0.4, 0.5) is 10.1 Å². The number of hydrogen-bond acceptors (Lipinski definition) is 8. The topological polar surface area (TPSA) is 154 Å². The first kappa shape index (κ1) is 34.9. The molecule has 2 saturated heterocycles. The van der Waals surface area contributed by atoms with E-state index in [-0.39, 0.29) is 49.6 Å². The van der Waals surface area contributed by atoms with E-state index in [0.717, 1.165) is 15.5 Å². The molecular formula is C39H35ClFN3O8. The fourth-order valence-electron chi connectivity index (χ4n) is 8.58. The van der Waals surface area contributed by atoms with Gasteiger partial charge in [0.15, 0.2) is 11.5 Å². The van der Waals surface area contributed by atoms with Gasteiger partial charge < -0.3 is 14.9 Å². The summed E-state index contributed by atoms with van der Waals surface area (Å²) in [5, 5.41) is 20.8. The minimum absolute atomic E-state index is 0.0318. The maximum Gasteiger partial charge on any atom is 0.303 e. The Morgan fingerprint density at radius 1 is 1.02 bits per heavy atom. The Labute approximate surface area is 303 Å². The van der Waals surface area contributed by atoms with E-state index in [1.54, 1.807) is 42.5 Å². The van der Waals surface area contributed by atoms with Crippen molar-refractivity contribution in [3.8, 4) is 11.5 Å². The summed E-state index contributed by atoms with van der Waals surface area (Å²) < 4.78 is 19.1. The number of allylic oxidation sites excluding steroid dienone is 3. The molecule has 0 spiro atoms. The third kappa shape index (κ3) is 5.71. The number of rotatable bonds is 10. The van der Waals surface area contributed by atoms with Crippen molar-refractivity contribution in [1.82, 2.24) is 9.91 Å². The van der Waals surface area contributed by atoms with Crippen LogP contribution in [0.2, 0.25) is 5.02 Å². The molecule has 268 valence electrons. The third-order valence-electron chi connectivity index (χ3n) is 10.9. The molecule has 4 aliphatic rings. The van der Waals surface area contributed by atoms with Gasteiger partial charge in [-0.2, -0.15) is 5.01 Å². The summed E-state index contributed by atoms with van der Waals surface area (Å²) in [5.41, 5.74) is 3.56. The predicted molar refractivity (Wildman–Crippen MR) is 187 cm³/mol. The van der Waals surface area contributed by atoms with Crippen LogP contribution in [0.5, 0.6) is 11.5 Å². The smallest absolute Gasteiger partial charge is 0.303 e. The Morgan fingerprint density at radius 3 is 2.44 bits per heavy atom. The first-order chi connectivity index (χ1) is 24.9. The van der Waals surface area contributed by atoms with Crippen LogP contribution in [0, 0.1) is 35.4 Å². The molecule has 52 heavy (non-hydrogen) atoms. The number of aromatic hydroxyl groups is 1. The van der Waals surface area contributed by atoms with E-state index < -0.39 is 64.5 Å². The highest BCUT2D eigenvalue weighted by molar-refractivity contribution is 6.30. The fraction of sp³-hybridized carbons (Fsp3) is 0.308. The molecule has 11 nitrogen and oxygen atoms in total. The van der Waals surface area contributed by atoms with E-state index in [1.807, 2.05) is 12.2 Å². The molecule has 0 radical (unpaired) electrons. The minimum Gasteiger partial charge on any atom is -0.504 e. The number of ether oxygens (including phenoxy) is 1. The molecule has 0 bridgehead atoms. The number of fused-ring (bicyclic) bond motifs is 4. The molecule has 4 amide bonds. The Balaban J connectivity index is 1.38. The van der Waals surface area contributed by atoms with Crippen LogP contribution < -0.4 is 10.2 Å². The van der Waals surface area contributed by atoms with Crippen LogP contribution in [-0.4, -0.2) is 63.4 Å². The van der Waals surface area contributed by atoms with Gasteiger partial charge in [-0.15, -0.1) is 0 Å². The summed E-state index contributed by atoms with van der Waals surface area (Å²) in [6.07, 6.45) is 5.70. The lowest BCUT2D eigenvalue weighted by atomic mass is 9.50. The second-order valence-corrected chi connectivity index (χ2v) is 14.0. The predicted octanol–water partition coefficient (Wildman–Crippen LogP) is 5.59. The molecule has 0 aromatic heterocycles. The average Bonchev–Trinajstić information content (AvgIpc) is 3.50. The molecule has 13 heteroatoms. The van der Waals surface area contributed by atoms with Crippen molar-refractivity contribution in [1.29, 1.82) is 0 Å². The molecule has 2 heterocycles. The van der Waals surface area contributed by atoms with Gasteiger partial charge in [-0.1, -0.05) is 53.6 Å². The number of phenols is 1. The number of benzene rings is 3. The van der Waals surface area contributed by atoms with Gasteiger partial charge in [0.05, 0.1) is 36.0 Å². The fourth-order valence-corrected chi connectivity index (χ4v) is 8.71. The molecule has 3 N–H and O–H groups in total. The largest absolute Gasteiger partial charge is 0.504 e. The number of halogens is 2. The van der Waals surface area contributed by atoms with Gasteiger partial charge in [0, 0.05) is 23.9 Å². The quantitative estimate of drug-likeness (QED) is 0.179. The number of methoxy groups -OCH3 is 1.